The number of rotatable bonds is 5. The van der Waals surface area contributed by atoms with Gasteiger partial charge in [-0.25, -0.2) is 0 Å². The van der Waals surface area contributed by atoms with Gasteiger partial charge in [0.1, 0.15) is 5.75 Å². The number of esters is 1. The summed E-state index contributed by atoms with van der Waals surface area (Å²) in [7, 11) is 1.34. The summed E-state index contributed by atoms with van der Waals surface area (Å²) in [6.45, 7) is 5.06. The molecule has 0 aliphatic heterocycles. The quantitative estimate of drug-likeness (QED) is 0.361. The Bertz CT molecular complexity index is 722. The van der Waals surface area contributed by atoms with Gasteiger partial charge in [0, 0.05) is 24.5 Å². The summed E-state index contributed by atoms with van der Waals surface area (Å²) in [5.41, 5.74) is 1.09. The lowest BCUT2D eigenvalue weighted by Crippen LogP contribution is -2.18. The molecule has 2 rings (SSSR count). The lowest BCUT2D eigenvalue weighted by Gasteiger charge is -2.18. The minimum absolute atomic E-state index is 0.0202. The van der Waals surface area contributed by atoms with Crippen molar-refractivity contribution in [2.24, 2.45) is 0 Å². The molecule has 0 heterocycles. The monoisotopic (exact) mass is 312 g/mol. The SMILES string of the molecule is C=CC(C1=CC(=O)C(OC)=CC1=O)c1ccc(OC(C)=O)cc1. The van der Waals surface area contributed by atoms with Crippen LogP contribution in [0.25, 0.3) is 0 Å². The van der Waals surface area contributed by atoms with Crippen LogP contribution in [0.1, 0.15) is 18.4 Å². The van der Waals surface area contributed by atoms with E-state index in [-0.39, 0.29) is 17.3 Å². The summed E-state index contributed by atoms with van der Waals surface area (Å²) < 4.78 is 9.83. The molecule has 1 unspecified atom stereocenters. The molecule has 1 aromatic carbocycles. The first-order valence-electron chi connectivity index (χ1n) is 6.93. The number of ether oxygens (including phenoxy) is 2. The average Bonchev–Trinajstić information content (AvgIpc) is 2.52. The largest absolute Gasteiger partial charge is 0.493 e. The fourth-order valence-corrected chi connectivity index (χ4v) is 2.31. The molecule has 1 atom stereocenters. The summed E-state index contributed by atoms with van der Waals surface area (Å²) in [6.07, 6.45) is 4.04. The summed E-state index contributed by atoms with van der Waals surface area (Å²) in [6, 6.07) is 6.69. The highest BCUT2D eigenvalue weighted by atomic mass is 16.5. The zero-order valence-electron chi connectivity index (χ0n) is 12.9. The normalized spacial score (nSPS) is 15.4. The Hall–Kier alpha value is -2.95. The Labute approximate surface area is 133 Å². The number of methoxy groups -OCH3 is 1. The molecule has 0 radical (unpaired) electrons. The molecule has 0 fully saturated rings. The van der Waals surface area contributed by atoms with E-state index in [0.29, 0.717) is 11.3 Å². The van der Waals surface area contributed by atoms with Crippen LogP contribution >= 0.6 is 0 Å². The van der Waals surface area contributed by atoms with Gasteiger partial charge in [-0.3, -0.25) is 14.4 Å². The molecule has 0 saturated carbocycles. The zero-order valence-corrected chi connectivity index (χ0v) is 12.9. The molecule has 0 spiro atoms. The molecule has 118 valence electrons. The molecule has 5 heteroatoms. The maximum atomic E-state index is 12.2. The number of benzene rings is 1. The van der Waals surface area contributed by atoms with E-state index >= 15 is 0 Å². The number of carbonyl (C=O) groups excluding carboxylic acids is 3. The number of allylic oxidation sites excluding steroid dienone is 4. The maximum Gasteiger partial charge on any atom is 0.308 e. The highest BCUT2D eigenvalue weighted by molar-refractivity contribution is 6.19. The average molecular weight is 312 g/mol. The highest BCUT2D eigenvalue weighted by Gasteiger charge is 2.26. The van der Waals surface area contributed by atoms with E-state index in [1.807, 2.05) is 0 Å². The van der Waals surface area contributed by atoms with Gasteiger partial charge < -0.3 is 9.47 Å². The van der Waals surface area contributed by atoms with Crippen LogP contribution in [0.5, 0.6) is 5.75 Å². The van der Waals surface area contributed by atoms with Gasteiger partial charge >= 0.3 is 5.97 Å². The Kier molecular flexibility index (Phi) is 4.91. The first-order valence-corrected chi connectivity index (χ1v) is 6.93. The van der Waals surface area contributed by atoms with E-state index in [1.165, 1.54) is 26.2 Å². The summed E-state index contributed by atoms with van der Waals surface area (Å²) in [5, 5.41) is 0. The van der Waals surface area contributed by atoms with Gasteiger partial charge in [0.15, 0.2) is 11.5 Å². The van der Waals surface area contributed by atoms with Crippen molar-refractivity contribution in [1.29, 1.82) is 0 Å². The third kappa shape index (κ3) is 3.63. The van der Waals surface area contributed by atoms with Crippen LogP contribution < -0.4 is 4.74 Å². The van der Waals surface area contributed by atoms with Crippen molar-refractivity contribution in [3.05, 3.63) is 66.0 Å². The smallest absolute Gasteiger partial charge is 0.308 e. The van der Waals surface area contributed by atoms with Crippen molar-refractivity contribution in [3.63, 3.8) is 0 Å². The van der Waals surface area contributed by atoms with E-state index in [0.717, 1.165) is 5.56 Å². The number of hydrogen-bond donors (Lipinski definition) is 0. The summed E-state index contributed by atoms with van der Waals surface area (Å²) in [4.78, 5) is 35.0. The van der Waals surface area contributed by atoms with Gasteiger partial charge in [0.05, 0.1) is 7.11 Å². The Morgan fingerprint density at radius 2 is 1.78 bits per heavy atom. The topological polar surface area (TPSA) is 69.7 Å². The van der Waals surface area contributed by atoms with Crippen molar-refractivity contribution in [2.75, 3.05) is 7.11 Å². The van der Waals surface area contributed by atoms with E-state index < -0.39 is 11.9 Å². The molecule has 0 amide bonds. The lowest BCUT2D eigenvalue weighted by atomic mass is 9.85. The molecule has 23 heavy (non-hydrogen) atoms. The Morgan fingerprint density at radius 3 is 2.30 bits per heavy atom. The molecule has 0 bridgehead atoms. The molecule has 1 aromatic rings. The van der Waals surface area contributed by atoms with E-state index in [1.54, 1.807) is 30.3 Å². The van der Waals surface area contributed by atoms with Gasteiger partial charge in [-0.2, -0.15) is 0 Å². The fraction of sp³-hybridized carbons (Fsp3) is 0.167. The standard InChI is InChI=1S/C18H16O5/c1-4-14(12-5-7-13(8-6-12)23-11(2)19)15-9-17(21)18(22-3)10-16(15)20/h4-10,14H,1H2,2-3H3. The first-order chi connectivity index (χ1) is 11.0. The van der Waals surface area contributed by atoms with E-state index in [4.69, 9.17) is 9.47 Å². The third-order valence-electron chi connectivity index (χ3n) is 3.37. The van der Waals surface area contributed by atoms with Crippen LogP contribution in [0.2, 0.25) is 0 Å². The fourth-order valence-electron chi connectivity index (χ4n) is 2.31. The first kappa shape index (κ1) is 16.4. The van der Waals surface area contributed by atoms with Crippen molar-refractivity contribution in [1.82, 2.24) is 0 Å². The maximum absolute atomic E-state index is 12.2. The van der Waals surface area contributed by atoms with Crippen molar-refractivity contribution in [2.45, 2.75) is 12.8 Å². The van der Waals surface area contributed by atoms with Crippen molar-refractivity contribution >= 4 is 17.5 Å². The van der Waals surface area contributed by atoms with Crippen LogP contribution in [0, 0.1) is 0 Å². The molecule has 1 aliphatic rings. The molecule has 0 aromatic heterocycles. The zero-order chi connectivity index (χ0) is 17.0. The third-order valence-corrected chi connectivity index (χ3v) is 3.37. The number of hydrogen-bond acceptors (Lipinski definition) is 5. The Morgan fingerprint density at radius 1 is 1.13 bits per heavy atom. The second kappa shape index (κ2) is 6.87. The minimum atomic E-state index is -0.438. The predicted molar refractivity (Wildman–Crippen MR) is 83.9 cm³/mol. The van der Waals surface area contributed by atoms with E-state index in [9.17, 15) is 14.4 Å². The summed E-state index contributed by atoms with van der Waals surface area (Å²) in [5.74, 6) is -1.07. The Balaban J connectivity index is 2.30. The molecule has 0 saturated heterocycles. The van der Waals surface area contributed by atoms with Crippen LogP contribution in [0.3, 0.4) is 0 Å². The number of ketones is 2. The van der Waals surface area contributed by atoms with Crippen molar-refractivity contribution in [3.8, 4) is 5.75 Å². The van der Waals surface area contributed by atoms with Gasteiger partial charge in [0.2, 0.25) is 5.78 Å². The molecular formula is C18H16O5. The molecular weight excluding hydrogens is 296 g/mol. The second-order valence-electron chi connectivity index (χ2n) is 4.92. The van der Waals surface area contributed by atoms with Crippen molar-refractivity contribution < 1.29 is 23.9 Å². The van der Waals surface area contributed by atoms with Gasteiger partial charge in [-0.05, 0) is 23.8 Å². The van der Waals surface area contributed by atoms with Crippen LogP contribution in [0.4, 0.5) is 0 Å². The lowest BCUT2D eigenvalue weighted by molar-refractivity contribution is -0.131. The van der Waals surface area contributed by atoms with Gasteiger partial charge in [-0.1, -0.05) is 18.2 Å². The molecule has 1 aliphatic carbocycles. The molecule has 5 nitrogen and oxygen atoms in total. The van der Waals surface area contributed by atoms with Crippen LogP contribution in [0.15, 0.2) is 60.4 Å². The van der Waals surface area contributed by atoms with Crippen LogP contribution in [-0.4, -0.2) is 24.6 Å². The second-order valence-corrected chi connectivity index (χ2v) is 4.92. The van der Waals surface area contributed by atoms with Gasteiger partial charge in [-0.15, -0.1) is 6.58 Å². The summed E-state index contributed by atoms with van der Waals surface area (Å²) >= 11 is 0. The van der Waals surface area contributed by atoms with E-state index in [2.05, 4.69) is 6.58 Å². The minimum Gasteiger partial charge on any atom is -0.493 e. The van der Waals surface area contributed by atoms with Crippen LogP contribution in [-0.2, 0) is 19.1 Å². The van der Waals surface area contributed by atoms with Gasteiger partial charge in [0.25, 0.3) is 0 Å². The predicted octanol–water partition coefficient (Wildman–Crippen LogP) is 2.49. The highest BCUT2D eigenvalue weighted by Crippen LogP contribution is 2.30. The number of carbonyl (C=O) groups is 3. The molecule has 0 N–H and O–H groups in total.